The summed E-state index contributed by atoms with van der Waals surface area (Å²) in [6.45, 7) is -1.58. The Bertz CT molecular complexity index is 328. The molecule has 0 aliphatic carbocycles. The van der Waals surface area contributed by atoms with E-state index in [0.717, 1.165) is 12.3 Å². The minimum absolute atomic E-state index is 0.0156. The van der Waals surface area contributed by atoms with Gasteiger partial charge in [0.1, 0.15) is 7.85 Å². The number of pyridine rings is 1. The zero-order chi connectivity index (χ0) is 10.8. The molecule has 1 rings (SSSR count). The smallest absolute Gasteiger partial charge is 0.422 e. The van der Waals surface area contributed by atoms with E-state index in [9.17, 15) is 17.6 Å². The van der Waals surface area contributed by atoms with Crippen LogP contribution in [0.15, 0.2) is 12.3 Å². The van der Waals surface area contributed by atoms with Crippen molar-refractivity contribution in [3.8, 4) is 5.88 Å². The zero-order valence-corrected chi connectivity index (χ0v) is 6.81. The van der Waals surface area contributed by atoms with Crippen molar-refractivity contribution < 1.29 is 22.3 Å². The summed E-state index contributed by atoms with van der Waals surface area (Å²) in [7, 11) is 5.13. The van der Waals surface area contributed by atoms with Gasteiger partial charge in [0, 0.05) is 6.20 Å². The Morgan fingerprint density at radius 3 is 2.57 bits per heavy atom. The van der Waals surface area contributed by atoms with Crippen LogP contribution in [0.3, 0.4) is 0 Å². The van der Waals surface area contributed by atoms with Crippen LogP contribution in [0.4, 0.5) is 17.6 Å². The van der Waals surface area contributed by atoms with Crippen LogP contribution in [0.1, 0.15) is 0 Å². The van der Waals surface area contributed by atoms with Crippen LogP contribution < -0.4 is 10.2 Å². The predicted octanol–water partition coefficient (Wildman–Crippen LogP) is 0.956. The first kappa shape index (κ1) is 10.8. The summed E-state index contributed by atoms with van der Waals surface area (Å²) < 4.78 is 51.8. The number of nitrogens with zero attached hydrogens (tertiary/aromatic N) is 1. The molecule has 0 N–H and O–H groups in total. The van der Waals surface area contributed by atoms with Gasteiger partial charge in [-0.3, -0.25) is 0 Å². The fourth-order valence-corrected chi connectivity index (χ4v) is 0.697. The van der Waals surface area contributed by atoms with E-state index >= 15 is 0 Å². The predicted molar refractivity (Wildman–Crippen MR) is 41.1 cm³/mol. The lowest BCUT2D eigenvalue weighted by Crippen LogP contribution is -2.20. The molecule has 2 radical (unpaired) electrons. The molecule has 0 amide bonds. The van der Waals surface area contributed by atoms with Crippen molar-refractivity contribution in [3.05, 3.63) is 18.1 Å². The summed E-state index contributed by atoms with van der Waals surface area (Å²) in [5.74, 6) is -1.73. The summed E-state index contributed by atoms with van der Waals surface area (Å²) in [4.78, 5) is 3.26. The van der Waals surface area contributed by atoms with Crippen LogP contribution in [0.2, 0.25) is 0 Å². The van der Waals surface area contributed by atoms with E-state index in [4.69, 9.17) is 7.85 Å². The van der Waals surface area contributed by atoms with E-state index in [0.29, 0.717) is 0 Å². The summed E-state index contributed by atoms with van der Waals surface area (Å²) in [5.41, 5.74) is 0.0156. The molecule has 74 valence electrons. The number of rotatable bonds is 2. The van der Waals surface area contributed by atoms with Crippen LogP contribution in [-0.4, -0.2) is 25.6 Å². The van der Waals surface area contributed by atoms with Crippen molar-refractivity contribution in [2.45, 2.75) is 6.18 Å². The van der Waals surface area contributed by atoms with Gasteiger partial charge in [0.15, 0.2) is 12.4 Å². The van der Waals surface area contributed by atoms with Crippen molar-refractivity contribution in [1.29, 1.82) is 0 Å². The highest BCUT2D eigenvalue weighted by Crippen LogP contribution is 2.18. The van der Waals surface area contributed by atoms with E-state index in [1.54, 1.807) is 0 Å². The fourth-order valence-electron chi connectivity index (χ4n) is 0.697. The van der Waals surface area contributed by atoms with Crippen molar-refractivity contribution in [2.24, 2.45) is 0 Å². The molecule has 1 aromatic rings. The first-order chi connectivity index (χ1) is 6.38. The third-order valence-electron chi connectivity index (χ3n) is 1.20. The molecule has 2 nitrogen and oxygen atoms in total. The Hall–Kier alpha value is -1.27. The lowest BCUT2D eigenvalue weighted by molar-refractivity contribution is -0.154. The molecule has 0 aliphatic rings. The van der Waals surface area contributed by atoms with Crippen LogP contribution in [0.25, 0.3) is 0 Å². The van der Waals surface area contributed by atoms with Gasteiger partial charge in [-0.2, -0.15) is 13.2 Å². The largest absolute Gasteiger partial charge is 0.466 e. The molecule has 0 saturated carbocycles. The SMILES string of the molecule is [B]c1cnc(OCC(F)(F)F)c(F)c1. The van der Waals surface area contributed by atoms with E-state index in [2.05, 4.69) is 9.72 Å². The second-order valence-corrected chi connectivity index (χ2v) is 2.46. The molecule has 0 unspecified atom stereocenters. The molecule has 0 aliphatic heterocycles. The topological polar surface area (TPSA) is 22.1 Å². The molecule has 0 spiro atoms. The standard InChI is InChI=1S/C7H4BF4NO/c8-4-1-5(9)6(13-2-4)14-3-7(10,11)12/h1-2H,3H2. The molecule has 1 aromatic heterocycles. The average Bonchev–Trinajstić information content (AvgIpc) is 2.00. The highest BCUT2D eigenvalue weighted by Gasteiger charge is 2.29. The highest BCUT2D eigenvalue weighted by molar-refractivity contribution is 6.32. The van der Waals surface area contributed by atoms with Crippen LogP contribution in [0, 0.1) is 5.82 Å². The van der Waals surface area contributed by atoms with E-state index < -0.39 is 24.5 Å². The number of ether oxygens (including phenoxy) is 1. The third-order valence-corrected chi connectivity index (χ3v) is 1.20. The molecule has 0 aromatic carbocycles. The number of halogens is 4. The van der Waals surface area contributed by atoms with Crippen LogP contribution in [-0.2, 0) is 0 Å². The van der Waals surface area contributed by atoms with E-state index in [1.807, 2.05) is 0 Å². The van der Waals surface area contributed by atoms with Gasteiger partial charge in [-0.05, 0) is 6.07 Å². The number of alkyl halides is 3. The van der Waals surface area contributed by atoms with Gasteiger partial charge in [0.05, 0.1) is 0 Å². The lowest BCUT2D eigenvalue weighted by atomic mass is 9.99. The van der Waals surface area contributed by atoms with Gasteiger partial charge in [-0.25, -0.2) is 9.37 Å². The van der Waals surface area contributed by atoms with Crippen molar-refractivity contribution in [1.82, 2.24) is 4.98 Å². The minimum Gasteiger partial charge on any atom is -0.466 e. The molecule has 0 bridgehead atoms. The summed E-state index contributed by atoms with van der Waals surface area (Å²) in [6.07, 6.45) is -3.51. The molecule has 14 heavy (non-hydrogen) atoms. The Morgan fingerprint density at radius 1 is 1.43 bits per heavy atom. The monoisotopic (exact) mass is 205 g/mol. The van der Waals surface area contributed by atoms with Gasteiger partial charge < -0.3 is 4.74 Å². The first-order valence-corrected chi connectivity index (χ1v) is 3.49. The maximum absolute atomic E-state index is 12.8. The summed E-state index contributed by atoms with van der Waals surface area (Å²) in [6, 6.07) is 0.832. The number of aromatic nitrogens is 1. The first-order valence-electron chi connectivity index (χ1n) is 3.49. The van der Waals surface area contributed by atoms with E-state index in [1.165, 1.54) is 0 Å². The molecule has 1 heterocycles. The molecule has 7 heteroatoms. The van der Waals surface area contributed by atoms with Crippen molar-refractivity contribution in [3.63, 3.8) is 0 Å². The maximum Gasteiger partial charge on any atom is 0.422 e. The fraction of sp³-hybridized carbons (Fsp3) is 0.286. The quantitative estimate of drug-likeness (QED) is 0.529. The minimum atomic E-state index is -4.52. The average molecular weight is 205 g/mol. The second-order valence-electron chi connectivity index (χ2n) is 2.46. The summed E-state index contributed by atoms with van der Waals surface area (Å²) in [5, 5.41) is 0. The molecular formula is C7H4BF4NO. The number of hydrogen-bond acceptors (Lipinski definition) is 2. The normalized spacial score (nSPS) is 11.4. The van der Waals surface area contributed by atoms with Gasteiger partial charge in [-0.15, -0.1) is 0 Å². The lowest BCUT2D eigenvalue weighted by Gasteiger charge is -2.08. The molecule has 0 atom stereocenters. The Morgan fingerprint density at radius 2 is 2.07 bits per heavy atom. The second kappa shape index (κ2) is 3.85. The van der Waals surface area contributed by atoms with Crippen molar-refractivity contribution >= 4 is 13.3 Å². The van der Waals surface area contributed by atoms with Gasteiger partial charge in [-0.1, -0.05) is 5.46 Å². The van der Waals surface area contributed by atoms with Gasteiger partial charge in [0.2, 0.25) is 0 Å². The zero-order valence-electron chi connectivity index (χ0n) is 6.81. The molecule has 0 fully saturated rings. The molecule has 0 saturated heterocycles. The Kier molecular flexibility index (Phi) is 2.98. The molecular weight excluding hydrogens is 201 g/mol. The van der Waals surface area contributed by atoms with E-state index in [-0.39, 0.29) is 5.46 Å². The maximum atomic E-state index is 12.8. The number of hydrogen-bond donors (Lipinski definition) is 0. The Balaban J connectivity index is 2.68. The van der Waals surface area contributed by atoms with Crippen molar-refractivity contribution in [2.75, 3.05) is 6.61 Å². The summed E-state index contributed by atoms with van der Waals surface area (Å²) >= 11 is 0. The van der Waals surface area contributed by atoms with Gasteiger partial charge >= 0.3 is 6.18 Å². The van der Waals surface area contributed by atoms with Gasteiger partial charge in [0.25, 0.3) is 5.88 Å². The third kappa shape index (κ3) is 3.23. The van der Waals surface area contributed by atoms with Crippen LogP contribution >= 0.6 is 0 Å². The highest BCUT2D eigenvalue weighted by atomic mass is 19.4. The van der Waals surface area contributed by atoms with Crippen LogP contribution in [0.5, 0.6) is 5.88 Å². The Labute approximate surface area is 78.3 Å².